The summed E-state index contributed by atoms with van der Waals surface area (Å²) < 4.78 is 13.6. The van der Waals surface area contributed by atoms with E-state index in [0.717, 1.165) is 30.8 Å². The fourth-order valence-electron chi connectivity index (χ4n) is 1.37. The zero-order valence-electron chi connectivity index (χ0n) is 10.6. The van der Waals surface area contributed by atoms with Gasteiger partial charge in [0.2, 0.25) is 5.91 Å². The number of hydrogen-bond donors (Lipinski definition) is 2. The summed E-state index contributed by atoms with van der Waals surface area (Å²) in [4.78, 5) is 32.1. The largest absolute Gasteiger partial charge is 0.480 e. The molecule has 1 amide bonds. The molecule has 10 heteroatoms. The number of carbonyl (C=O) groups excluding carboxylic acids is 1. The molecule has 0 heterocycles. The van der Waals surface area contributed by atoms with Crippen LogP contribution in [0.15, 0.2) is 17.0 Å². The maximum Gasteiger partial charge on any atom is 0.327 e. The van der Waals surface area contributed by atoms with Gasteiger partial charge in [0.15, 0.2) is 0 Å². The molecule has 0 unspecified atom stereocenters. The standard InChI is InChI=1S/C11H10FIN2O5S/c1-5(16)14-8(11(17)18)4-21-10-2-6(12)7(13)3-9(10)15(19)20/h2-3,8H,4H2,1H3,(H,14,16)(H,17,18)/t8-/m0/s1. The summed E-state index contributed by atoms with van der Waals surface area (Å²) in [7, 11) is 0. The Morgan fingerprint density at radius 1 is 1.57 bits per heavy atom. The van der Waals surface area contributed by atoms with Gasteiger partial charge in [-0.1, -0.05) is 0 Å². The van der Waals surface area contributed by atoms with Crippen LogP contribution in [-0.4, -0.2) is 33.7 Å². The molecule has 1 atom stereocenters. The first-order chi connectivity index (χ1) is 9.72. The minimum Gasteiger partial charge on any atom is -0.480 e. The summed E-state index contributed by atoms with van der Waals surface area (Å²) in [5, 5.41) is 22.1. The van der Waals surface area contributed by atoms with Crippen molar-refractivity contribution in [3.8, 4) is 0 Å². The molecule has 0 spiro atoms. The van der Waals surface area contributed by atoms with E-state index in [1.165, 1.54) is 0 Å². The van der Waals surface area contributed by atoms with Gasteiger partial charge in [0.1, 0.15) is 11.9 Å². The second kappa shape index (κ2) is 7.54. The molecule has 21 heavy (non-hydrogen) atoms. The number of halogens is 2. The lowest BCUT2D eigenvalue weighted by Crippen LogP contribution is -2.41. The second-order valence-electron chi connectivity index (χ2n) is 3.89. The van der Waals surface area contributed by atoms with Crippen LogP contribution < -0.4 is 5.32 Å². The van der Waals surface area contributed by atoms with E-state index in [1.54, 1.807) is 22.6 Å². The number of nitro groups is 1. The van der Waals surface area contributed by atoms with E-state index in [2.05, 4.69) is 5.32 Å². The number of nitro benzene ring substituents is 1. The first-order valence-electron chi connectivity index (χ1n) is 5.48. The van der Waals surface area contributed by atoms with Gasteiger partial charge in [0.25, 0.3) is 5.69 Å². The molecule has 0 aromatic heterocycles. The van der Waals surface area contributed by atoms with E-state index in [1.807, 2.05) is 0 Å². The van der Waals surface area contributed by atoms with Crippen LogP contribution in [0.1, 0.15) is 6.92 Å². The van der Waals surface area contributed by atoms with Crippen molar-refractivity contribution in [1.29, 1.82) is 0 Å². The number of carbonyl (C=O) groups is 2. The number of aliphatic carboxylic acids is 1. The monoisotopic (exact) mass is 428 g/mol. The number of amides is 1. The van der Waals surface area contributed by atoms with Gasteiger partial charge >= 0.3 is 5.97 Å². The average molecular weight is 428 g/mol. The van der Waals surface area contributed by atoms with Crippen LogP contribution in [0.3, 0.4) is 0 Å². The topological polar surface area (TPSA) is 110 Å². The highest BCUT2D eigenvalue weighted by Crippen LogP contribution is 2.32. The number of carboxylic acids is 1. The van der Waals surface area contributed by atoms with E-state index < -0.39 is 28.7 Å². The van der Waals surface area contributed by atoms with E-state index in [4.69, 9.17) is 5.11 Å². The zero-order valence-corrected chi connectivity index (χ0v) is 13.6. The normalized spacial score (nSPS) is 11.8. The lowest BCUT2D eigenvalue weighted by Gasteiger charge is -2.12. The van der Waals surface area contributed by atoms with Crippen molar-refractivity contribution in [2.45, 2.75) is 17.9 Å². The molecule has 2 N–H and O–H groups in total. The summed E-state index contributed by atoms with van der Waals surface area (Å²) in [6.45, 7) is 1.16. The van der Waals surface area contributed by atoms with E-state index >= 15 is 0 Å². The maximum absolute atomic E-state index is 13.5. The van der Waals surface area contributed by atoms with Crippen LogP contribution in [0.4, 0.5) is 10.1 Å². The quantitative estimate of drug-likeness (QED) is 0.311. The molecule has 0 saturated heterocycles. The molecule has 0 fully saturated rings. The third kappa shape index (κ3) is 5.12. The van der Waals surface area contributed by atoms with Gasteiger partial charge in [0.05, 0.1) is 13.4 Å². The molecule has 1 aromatic carbocycles. The second-order valence-corrected chi connectivity index (χ2v) is 6.12. The molecule has 0 aliphatic rings. The van der Waals surface area contributed by atoms with Gasteiger partial charge in [-0.3, -0.25) is 14.9 Å². The minimum absolute atomic E-state index is 0.00881. The summed E-state index contributed by atoms with van der Waals surface area (Å²) >= 11 is 2.42. The first kappa shape index (κ1) is 17.6. The van der Waals surface area contributed by atoms with Crippen molar-refractivity contribution in [3.63, 3.8) is 0 Å². The highest BCUT2D eigenvalue weighted by atomic mass is 127. The maximum atomic E-state index is 13.5. The summed E-state index contributed by atoms with van der Waals surface area (Å²) in [5.41, 5.74) is -0.308. The third-order valence-electron chi connectivity index (χ3n) is 2.28. The van der Waals surface area contributed by atoms with Crippen molar-refractivity contribution in [3.05, 3.63) is 31.6 Å². The van der Waals surface area contributed by atoms with Gasteiger partial charge in [-0.25, -0.2) is 9.18 Å². The van der Waals surface area contributed by atoms with E-state index in [0.29, 0.717) is 0 Å². The van der Waals surface area contributed by atoms with Gasteiger partial charge < -0.3 is 10.4 Å². The molecule has 1 rings (SSSR count). The number of rotatable bonds is 6. The molecule has 0 radical (unpaired) electrons. The summed E-state index contributed by atoms with van der Waals surface area (Å²) in [6.07, 6.45) is 0. The molecule has 114 valence electrons. The van der Waals surface area contributed by atoms with Crippen molar-refractivity contribution < 1.29 is 24.0 Å². The smallest absolute Gasteiger partial charge is 0.327 e. The number of nitrogens with one attached hydrogen (secondary N) is 1. The predicted molar refractivity (Wildman–Crippen MR) is 81.7 cm³/mol. The van der Waals surface area contributed by atoms with Crippen molar-refractivity contribution in [2.24, 2.45) is 0 Å². The van der Waals surface area contributed by atoms with Crippen LogP contribution in [0.2, 0.25) is 0 Å². The number of hydrogen-bond acceptors (Lipinski definition) is 5. The molecule has 0 aliphatic heterocycles. The van der Waals surface area contributed by atoms with Crippen LogP contribution in [-0.2, 0) is 9.59 Å². The average Bonchev–Trinajstić information content (AvgIpc) is 2.36. The Morgan fingerprint density at radius 3 is 2.67 bits per heavy atom. The first-order valence-corrected chi connectivity index (χ1v) is 7.55. The van der Waals surface area contributed by atoms with Crippen LogP contribution in [0, 0.1) is 19.5 Å². The van der Waals surface area contributed by atoms with Gasteiger partial charge in [-0.15, -0.1) is 11.8 Å². The Morgan fingerprint density at radius 2 is 2.19 bits per heavy atom. The Bertz CT molecular complexity index is 598. The lowest BCUT2D eigenvalue weighted by molar-refractivity contribution is -0.387. The molecular formula is C11H10FIN2O5S. The third-order valence-corrected chi connectivity index (χ3v) is 4.24. The zero-order chi connectivity index (χ0) is 16.2. The Hall–Kier alpha value is -1.43. The van der Waals surface area contributed by atoms with Gasteiger partial charge in [-0.05, 0) is 28.7 Å². The van der Waals surface area contributed by atoms with E-state index in [-0.39, 0.29) is 19.9 Å². The highest BCUT2D eigenvalue weighted by molar-refractivity contribution is 14.1. The van der Waals surface area contributed by atoms with Crippen molar-refractivity contribution >= 4 is 51.9 Å². The van der Waals surface area contributed by atoms with Crippen molar-refractivity contribution in [2.75, 3.05) is 5.75 Å². The lowest BCUT2D eigenvalue weighted by atomic mass is 10.3. The van der Waals surface area contributed by atoms with E-state index in [9.17, 15) is 24.1 Å². The van der Waals surface area contributed by atoms with Gasteiger partial charge in [0, 0.05) is 18.7 Å². The highest BCUT2D eigenvalue weighted by Gasteiger charge is 2.23. The molecule has 0 bridgehead atoms. The Balaban J connectivity index is 2.96. The predicted octanol–water partition coefficient (Wildman–Crippen LogP) is 2.02. The van der Waals surface area contributed by atoms with Crippen LogP contribution in [0.5, 0.6) is 0 Å². The molecule has 7 nitrogen and oxygen atoms in total. The van der Waals surface area contributed by atoms with Crippen LogP contribution >= 0.6 is 34.4 Å². The fourth-order valence-corrected chi connectivity index (χ4v) is 2.86. The summed E-state index contributed by atoms with van der Waals surface area (Å²) in [5.74, 6) is -2.59. The molecular weight excluding hydrogens is 418 g/mol. The Kier molecular flexibility index (Phi) is 6.33. The molecule has 1 aromatic rings. The van der Waals surface area contributed by atoms with Crippen LogP contribution in [0.25, 0.3) is 0 Å². The fraction of sp³-hybridized carbons (Fsp3) is 0.273. The minimum atomic E-state index is -1.27. The summed E-state index contributed by atoms with van der Waals surface area (Å²) in [6, 6.07) is 0.846. The SMILES string of the molecule is CC(=O)N[C@@H](CSc1cc(F)c(I)cc1[N+](=O)[O-])C(=O)O. The molecule has 0 saturated carbocycles. The number of nitrogens with zero attached hydrogens (tertiary/aromatic N) is 1. The number of thioether (sulfide) groups is 1. The Labute approximate surface area is 136 Å². The van der Waals surface area contributed by atoms with Crippen molar-refractivity contribution in [1.82, 2.24) is 5.32 Å². The number of carboxylic acid groups (broad SMARTS) is 1. The number of benzene rings is 1. The molecule has 0 aliphatic carbocycles. The van der Waals surface area contributed by atoms with Gasteiger partial charge in [-0.2, -0.15) is 0 Å².